The van der Waals surface area contributed by atoms with Gasteiger partial charge in [-0.3, -0.25) is 4.72 Å². The predicted molar refractivity (Wildman–Crippen MR) is 75.3 cm³/mol. The molecule has 0 aliphatic heterocycles. The molecule has 130 valence electrons. The van der Waals surface area contributed by atoms with Crippen LogP contribution >= 0.6 is 0 Å². The highest BCUT2D eigenvalue weighted by atomic mass is 32.2. The van der Waals surface area contributed by atoms with Crippen molar-refractivity contribution in [3.63, 3.8) is 0 Å². The molecule has 2 aromatic rings. The van der Waals surface area contributed by atoms with Crippen LogP contribution in [0.1, 0.15) is 5.56 Å². The lowest BCUT2D eigenvalue weighted by atomic mass is 10.2. The third kappa shape index (κ3) is 4.57. The molecule has 0 radical (unpaired) electrons. The quantitative estimate of drug-likeness (QED) is 0.810. The molecule has 4 nitrogen and oxygen atoms in total. The summed E-state index contributed by atoms with van der Waals surface area (Å²) in [5, 5.41) is 0. The lowest BCUT2D eigenvalue weighted by Crippen LogP contribution is -2.13. The van der Waals surface area contributed by atoms with Gasteiger partial charge in [-0.05, 0) is 48.5 Å². The van der Waals surface area contributed by atoms with Crippen LogP contribution in [0.2, 0.25) is 0 Å². The van der Waals surface area contributed by atoms with Crippen LogP contribution in [0, 0.1) is 0 Å². The fraction of sp³-hybridized carbons (Fsp3) is 0.143. The van der Waals surface area contributed by atoms with Gasteiger partial charge in [-0.15, -0.1) is 0 Å². The Hall–Kier alpha value is -2.36. The van der Waals surface area contributed by atoms with Crippen molar-refractivity contribution in [3.8, 4) is 5.75 Å². The number of nitrogens with one attached hydrogen (secondary N) is 1. The van der Waals surface area contributed by atoms with Crippen LogP contribution in [-0.4, -0.2) is 15.0 Å². The first-order valence-electron chi connectivity index (χ1n) is 6.33. The Bertz CT molecular complexity index is 787. The van der Waals surface area contributed by atoms with Crippen LogP contribution in [-0.2, 0) is 16.2 Å². The van der Waals surface area contributed by atoms with E-state index in [4.69, 9.17) is 0 Å². The zero-order chi connectivity index (χ0) is 18.0. The molecular formula is C14H10F5NO3S. The number of hydrogen-bond donors (Lipinski definition) is 1. The number of ether oxygens (including phenoxy) is 1. The van der Waals surface area contributed by atoms with Crippen LogP contribution < -0.4 is 9.46 Å². The van der Waals surface area contributed by atoms with Crippen molar-refractivity contribution in [1.29, 1.82) is 0 Å². The maximum atomic E-state index is 12.5. The molecule has 0 bridgehead atoms. The molecule has 0 aromatic heterocycles. The smallest absolute Gasteiger partial charge is 0.416 e. The molecule has 0 unspecified atom stereocenters. The molecular weight excluding hydrogens is 357 g/mol. The summed E-state index contributed by atoms with van der Waals surface area (Å²) in [7, 11) is -4.12. The second-order valence-corrected chi connectivity index (χ2v) is 6.21. The third-order valence-corrected chi connectivity index (χ3v) is 4.22. The van der Waals surface area contributed by atoms with E-state index in [2.05, 4.69) is 9.46 Å². The molecule has 0 amide bonds. The van der Waals surface area contributed by atoms with Crippen molar-refractivity contribution >= 4 is 15.7 Å². The minimum atomic E-state index is -4.57. The van der Waals surface area contributed by atoms with Crippen LogP contribution in [0.25, 0.3) is 0 Å². The topological polar surface area (TPSA) is 55.4 Å². The Morgan fingerprint density at radius 2 is 1.46 bits per heavy atom. The molecule has 2 rings (SSSR count). The number of sulfonamides is 1. The molecule has 0 fully saturated rings. The monoisotopic (exact) mass is 367 g/mol. The van der Waals surface area contributed by atoms with E-state index < -0.39 is 28.4 Å². The van der Waals surface area contributed by atoms with E-state index in [0.29, 0.717) is 12.1 Å². The molecule has 0 saturated heterocycles. The number of hydrogen-bond acceptors (Lipinski definition) is 3. The first kappa shape index (κ1) is 18.0. The number of benzene rings is 2. The van der Waals surface area contributed by atoms with Gasteiger partial charge in [-0.1, -0.05) is 0 Å². The number of halogens is 5. The first-order valence-corrected chi connectivity index (χ1v) is 7.81. The summed E-state index contributed by atoms with van der Waals surface area (Å²) in [6.45, 7) is -3.01. The van der Waals surface area contributed by atoms with Crippen LogP contribution in [0.3, 0.4) is 0 Å². The van der Waals surface area contributed by atoms with Crippen molar-refractivity contribution < 1.29 is 35.1 Å². The van der Waals surface area contributed by atoms with E-state index >= 15 is 0 Å². The van der Waals surface area contributed by atoms with Crippen molar-refractivity contribution in [2.75, 3.05) is 4.72 Å². The minimum absolute atomic E-state index is 0.0384. The summed E-state index contributed by atoms with van der Waals surface area (Å²) in [6.07, 6.45) is -4.57. The van der Waals surface area contributed by atoms with Gasteiger partial charge in [0.25, 0.3) is 10.0 Å². The second kappa shape index (κ2) is 6.63. The summed E-state index contributed by atoms with van der Waals surface area (Å²) in [4.78, 5) is -0.372. The van der Waals surface area contributed by atoms with Gasteiger partial charge in [-0.25, -0.2) is 8.42 Å². The average molecular weight is 367 g/mol. The molecule has 0 heterocycles. The van der Waals surface area contributed by atoms with E-state index in [-0.39, 0.29) is 16.3 Å². The highest BCUT2D eigenvalue weighted by molar-refractivity contribution is 7.92. The number of anilines is 1. The van der Waals surface area contributed by atoms with E-state index in [1.807, 2.05) is 0 Å². The molecule has 0 aliphatic rings. The first-order chi connectivity index (χ1) is 11.1. The third-order valence-electron chi connectivity index (χ3n) is 2.82. The van der Waals surface area contributed by atoms with E-state index in [0.717, 1.165) is 24.3 Å². The van der Waals surface area contributed by atoms with E-state index in [1.165, 1.54) is 12.1 Å². The molecule has 1 N–H and O–H groups in total. The second-order valence-electron chi connectivity index (χ2n) is 4.53. The Balaban J connectivity index is 2.16. The Morgan fingerprint density at radius 3 is 1.92 bits per heavy atom. The standard InChI is InChI=1S/C14H10F5NO3S/c15-13(16)23-11-5-3-10(4-6-11)20-24(21,22)12-7-1-9(2-8-12)14(17,18)19/h1-8,13,20H. The number of alkyl halides is 5. The fourth-order valence-electron chi connectivity index (χ4n) is 1.74. The van der Waals surface area contributed by atoms with E-state index in [1.54, 1.807) is 0 Å². The van der Waals surface area contributed by atoms with Gasteiger partial charge in [0.15, 0.2) is 0 Å². The maximum absolute atomic E-state index is 12.5. The van der Waals surface area contributed by atoms with Gasteiger partial charge in [0.2, 0.25) is 0 Å². The summed E-state index contributed by atoms with van der Waals surface area (Å²) >= 11 is 0. The Labute approximate surface area is 133 Å². The van der Waals surface area contributed by atoms with Crippen molar-refractivity contribution in [1.82, 2.24) is 0 Å². The largest absolute Gasteiger partial charge is 0.435 e. The summed E-state index contributed by atoms with van der Waals surface area (Å²) in [5.74, 6) is -0.164. The molecule has 0 atom stereocenters. The van der Waals surface area contributed by atoms with Crippen molar-refractivity contribution in [3.05, 3.63) is 54.1 Å². The van der Waals surface area contributed by atoms with Crippen molar-refractivity contribution in [2.45, 2.75) is 17.7 Å². The maximum Gasteiger partial charge on any atom is 0.416 e. The van der Waals surface area contributed by atoms with Crippen LogP contribution in [0.4, 0.5) is 27.6 Å². The zero-order valence-corrected chi connectivity index (χ0v) is 12.5. The lowest BCUT2D eigenvalue weighted by Gasteiger charge is -2.11. The number of rotatable bonds is 5. The predicted octanol–water partition coefficient (Wildman–Crippen LogP) is 4.11. The van der Waals surface area contributed by atoms with E-state index in [9.17, 15) is 30.4 Å². The SMILES string of the molecule is O=S(=O)(Nc1ccc(OC(F)F)cc1)c1ccc(C(F)(F)F)cc1. The summed E-state index contributed by atoms with van der Waals surface area (Å²) in [5.41, 5.74) is -0.938. The average Bonchev–Trinajstić information content (AvgIpc) is 2.48. The lowest BCUT2D eigenvalue weighted by molar-refractivity contribution is -0.137. The highest BCUT2D eigenvalue weighted by Gasteiger charge is 2.30. The van der Waals surface area contributed by atoms with Gasteiger partial charge in [0.05, 0.1) is 10.5 Å². The Kier molecular flexibility index (Phi) is 4.97. The summed E-state index contributed by atoms with van der Waals surface area (Å²) in [6, 6.07) is 7.54. The summed E-state index contributed by atoms with van der Waals surface area (Å²) < 4.78 is 91.8. The van der Waals surface area contributed by atoms with Gasteiger partial charge in [0.1, 0.15) is 5.75 Å². The fourth-order valence-corrected chi connectivity index (χ4v) is 2.80. The van der Waals surface area contributed by atoms with Gasteiger partial charge in [0, 0.05) is 5.69 Å². The Morgan fingerprint density at radius 1 is 0.917 bits per heavy atom. The van der Waals surface area contributed by atoms with Gasteiger partial charge in [-0.2, -0.15) is 22.0 Å². The minimum Gasteiger partial charge on any atom is -0.435 e. The molecule has 24 heavy (non-hydrogen) atoms. The molecule has 0 aliphatic carbocycles. The van der Waals surface area contributed by atoms with Crippen LogP contribution in [0.5, 0.6) is 5.75 Å². The van der Waals surface area contributed by atoms with Crippen molar-refractivity contribution in [2.24, 2.45) is 0 Å². The molecule has 0 saturated carbocycles. The molecule has 2 aromatic carbocycles. The normalized spacial score (nSPS) is 12.2. The zero-order valence-electron chi connectivity index (χ0n) is 11.7. The van der Waals surface area contributed by atoms with Crippen LogP contribution in [0.15, 0.2) is 53.4 Å². The molecule has 10 heteroatoms. The highest BCUT2D eigenvalue weighted by Crippen LogP contribution is 2.30. The van der Waals surface area contributed by atoms with Gasteiger partial charge < -0.3 is 4.74 Å². The van der Waals surface area contributed by atoms with Gasteiger partial charge >= 0.3 is 12.8 Å². The molecule has 0 spiro atoms.